The third-order valence-electron chi connectivity index (χ3n) is 5.43. The quantitative estimate of drug-likeness (QED) is 0.551. The average molecular weight is 537 g/mol. The zero-order valence-electron chi connectivity index (χ0n) is 21.1. The number of carbonyl (C=O) groups excluding carboxylic acids is 3. The highest BCUT2D eigenvalue weighted by Crippen LogP contribution is 2.39. The summed E-state index contributed by atoms with van der Waals surface area (Å²) >= 11 is 12.7. The molecular formula is C24H30Cl2N6O4. The molecule has 1 aliphatic heterocycles. The Hall–Kier alpha value is -3.11. The monoisotopic (exact) mass is 536 g/mol. The van der Waals surface area contributed by atoms with Crippen LogP contribution in [0.1, 0.15) is 63.6 Å². The summed E-state index contributed by atoms with van der Waals surface area (Å²) in [4.78, 5) is 40.9. The van der Waals surface area contributed by atoms with Crippen molar-refractivity contribution in [2.24, 2.45) is 5.92 Å². The van der Waals surface area contributed by atoms with Crippen molar-refractivity contribution >= 4 is 52.6 Å². The summed E-state index contributed by atoms with van der Waals surface area (Å²) < 4.78 is 5.55. The van der Waals surface area contributed by atoms with Crippen LogP contribution < -0.4 is 20.7 Å². The minimum atomic E-state index is -0.710. The van der Waals surface area contributed by atoms with Gasteiger partial charge < -0.3 is 9.64 Å². The minimum Gasteiger partial charge on any atom is -0.443 e. The van der Waals surface area contributed by atoms with Gasteiger partial charge in [0.05, 0.1) is 11.7 Å². The third-order valence-corrected chi connectivity index (χ3v) is 6.01. The van der Waals surface area contributed by atoms with Crippen LogP contribution in [-0.4, -0.2) is 46.8 Å². The van der Waals surface area contributed by atoms with E-state index in [1.54, 1.807) is 52.8 Å². The van der Waals surface area contributed by atoms with Crippen LogP contribution in [0.2, 0.25) is 10.0 Å². The maximum absolute atomic E-state index is 12.9. The van der Waals surface area contributed by atoms with Crippen molar-refractivity contribution in [1.29, 1.82) is 0 Å². The highest BCUT2D eigenvalue weighted by molar-refractivity contribution is 6.33. The number of amides is 3. The smallest absolute Gasteiger partial charge is 0.416 e. The molecule has 194 valence electrons. The molecule has 1 aromatic heterocycles. The van der Waals surface area contributed by atoms with Crippen LogP contribution in [0.5, 0.6) is 0 Å². The fraction of sp³-hybridized carbons (Fsp3) is 0.458. The Balaban J connectivity index is 2.00. The molecule has 2 heterocycles. The van der Waals surface area contributed by atoms with E-state index in [2.05, 4.69) is 21.0 Å². The maximum Gasteiger partial charge on any atom is 0.416 e. The zero-order chi connectivity index (χ0) is 26.8. The molecule has 3 amide bonds. The molecule has 1 atom stereocenters. The zero-order valence-corrected chi connectivity index (χ0v) is 22.6. The molecule has 0 aliphatic carbocycles. The Kier molecular flexibility index (Phi) is 8.30. The number of hydrogen-bond acceptors (Lipinski definition) is 7. The summed E-state index contributed by atoms with van der Waals surface area (Å²) in [6.45, 7) is 11.3. The second kappa shape index (κ2) is 10.9. The van der Waals surface area contributed by atoms with Crippen molar-refractivity contribution < 1.29 is 19.1 Å². The van der Waals surface area contributed by atoms with Gasteiger partial charge in [-0.2, -0.15) is 0 Å². The number of carbonyl (C=O) groups is 3. The van der Waals surface area contributed by atoms with Crippen LogP contribution in [0.15, 0.2) is 24.3 Å². The first-order chi connectivity index (χ1) is 16.8. The number of ether oxygens (including phenoxy) is 1. The SMILES string of the molecule is CC(C)C(=O)NNC(=O)c1cc2c(nn1)N(C(=O)OC(C)(C)C)CCN2C(C)c1cc(Cl)ccc1Cl. The standard InChI is InChI=1S/C24H30Cl2N6O4/c1-13(2)21(33)29-30-22(34)18-12-19-20(28-27-18)32(23(35)36-24(4,5)6)10-9-31(19)14(3)16-11-15(25)7-8-17(16)26/h7-8,11-14H,9-10H2,1-6H3,(H,29,33)(H,30,34). The highest BCUT2D eigenvalue weighted by Gasteiger charge is 2.35. The van der Waals surface area contributed by atoms with Gasteiger partial charge in [0.25, 0.3) is 5.91 Å². The summed E-state index contributed by atoms with van der Waals surface area (Å²) in [5.41, 5.74) is 5.19. The molecule has 2 aromatic rings. The van der Waals surface area contributed by atoms with Gasteiger partial charge in [0.15, 0.2) is 11.5 Å². The number of hydrazine groups is 1. The first kappa shape index (κ1) is 27.5. The number of nitrogens with one attached hydrogen (secondary N) is 2. The Labute approximate surface area is 220 Å². The lowest BCUT2D eigenvalue weighted by Gasteiger charge is -2.40. The van der Waals surface area contributed by atoms with E-state index in [9.17, 15) is 14.4 Å². The van der Waals surface area contributed by atoms with E-state index in [4.69, 9.17) is 27.9 Å². The molecule has 0 radical (unpaired) electrons. The van der Waals surface area contributed by atoms with Gasteiger partial charge in [-0.05, 0) is 57.5 Å². The fourth-order valence-corrected chi connectivity index (χ4v) is 4.01. The van der Waals surface area contributed by atoms with E-state index < -0.39 is 17.6 Å². The molecule has 1 aromatic carbocycles. The molecule has 1 aliphatic rings. The Morgan fingerprint density at radius 2 is 1.72 bits per heavy atom. The molecule has 3 rings (SSSR count). The van der Waals surface area contributed by atoms with Crippen molar-refractivity contribution in [2.45, 2.75) is 53.2 Å². The normalized spacial score (nSPS) is 14.2. The van der Waals surface area contributed by atoms with Gasteiger partial charge in [0.2, 0.25) is 5.91 Å². The number of hydrogen-bond donors (Lipinski definition) is 2. The van der Waals surface area contributed by atoms with Gasteiger partial charge in [-0.1, -0.05) is 37.0 Å². The highest BCUT2D eigenvalue weighted by atomic mass is 35.5. The molecule has 0 saturated carbocycles. The third kappa shape index (κ3) is 6.36. The first-order valence-electron chi connectivity index (χ1n) is 11.5. The van der Waals surface area contributed by atoms with Gasteiger partial charge in [0.1, 0.15) is 5.60 Å². The summed E-state index contributed by atoms with van der Waals surface area (Å²) in [6, 6.07) is 6.43. The van der Waals surface area contributed by atoms with Crippen LogP contribution in [0.4, 0.5) is 16.3 Å². The number of aromatic nitrogens is 2. The second-order valence-electron chi connectivity index (χ2n) is 9.70. The van der Waals surface area contributed by atoms with Gasteiger partial charge in [-0.3, -0.25) is 25.3 Å². The Bertz CT molecular complexity index is 1170. The second-order valence-corrected chi connectivity index (χ2v) is 10.5. The predicted octanol–water partition coefficient (Wildman–Crippen LogP) is 4.52. The summed E-state index contributed by atoms with van der Waals surface area (Å²) in [5, 5.41) is 9.27. The number of anilines is 2. The summed E-state index contributed by atoms with van der Waals surface area (Å²) in [5.74, 6) is -1.08. The van der Waals surface area contributed by atoms with Gasteiger partial charge in [-0.15, -0.1) is 10.2 Å². The average Bonchev–Trinajstić information content (AvgIpc) is 2.81. The van der Waals surface area contributed by atoms with Gasteiger partial charge >= 0.3 is 6.09 Å². The van der Waals surface area contributed by atoms with Crippen molar-refractivity contribution in [2.75, 3.05) is 22.9 Å². The van der Waals surface area contributed by atoms with Crippen molar-refractivity contribution in [3.63, 3.8) is 0 Å². The van der Waals surface area contributed by atoms with E-state index in [0.29, 0.717) is 22.3 Å². The number of benzene rings is 1. The largest absolute Gasteiger partial charge is 0.443 e. The van der Waals surface area contributed by atoms with Crippen molar-refractivity contribution in [3.8, 4) is 0 Å². The lowest BCUT2D eigenvalue weighted by molar-refractivity contribution is -0.124. The molecule has 2 N–H and O–H groups in total. The van der Waals surface area contributed by atoms with E-state index in [-0.39, 0.29) is 35.9 Å². The number of rotatable bonds is 4. The number of fused-ring (bicyclic) bond motifs is 1. The van der Waals surface area contributed by atoms with Crippen LogP contribution in [0, 0.1) is 5.92 Å². The first-order valence-corrected chi connectivity index (χ1v) is 12.2. The van der Waals surface area contributed by atoms with Gasteiger partial charge in [0, 0.05) is 29.1 Å². The number of halogens is 2. The maximum atomic E-state index is 12.9. The molecule has 1 unspecified atom stereocenters. The van der Waals surface area contributed by atoms with Crippen LogP contribution in [-0.2, 0) is 9.53 Å². The molecule has 36 heavy (non-hydrogen) atoms. The molecule has 0 spiro atoms. The van der Waals surface area contributed by atoms with Crippen molar-refractivity contribution in [1.82, 2.24) is 21.0 Å². The topological polar surface area (TPSA) is 117 Å². The molecule has 0 fully saturated rings. The summed E-state index contributed by atoms with van der Waals surface area (Å²) in [6.07, 6.45) is -0.576. The lowest BCUT2D eigenvalue weighted by Crippen LogP contribution is -2.48. The molecule has 0 saturated heterocycles. The van der Waals surface area contributed by atoms with E-state index in [0.717, 1.165) is 5.56 Å². The summed E-state index contributed by atoms with van der Waals surface area (Å²) in [7, 11) is 0. The van der Waals surface area contributed by atoms with E-state index >= 15 is 0 Å². The van der Waals surface area contributed by atoms with Crippen LogP contribution in [0.3, 0.4) is 0 Å². The van der Waals surface area contributed by atoms with Crippen LogP contribution >= 0.6 is 23.2 Å². The van der Waals surface area contributed by atoms with Gasteiger partial charge in [-0.25, -0.2) is 4.79 Å². The molecular weight excluding hydrogens is 507 g/mol. The fourth-order valence-electron chi connectivity index (χ4n) is 3.55. The lowest BCUT2D eigenvalue weighted by atomic mass is 10.0. The molecule has 0 bridgehead atoms. The number of nitrogens with zero attached hydrogens (tertiary/aromatic N) is 4. The molecule has 12 heteroatoms. The van der Waals surface area contributed by atoms with E-state index in [1.165, 1.54) is 11.0 Å². The molecule has 10 nitrogen and oxygen atoms in total. The van der Waals surface area contributed by atoms with Crippen LogP contribution in [0.25, 0.3) is 0 Å². The Morgan fingerprint density at radius 1 is 1.03 bits per heavy atom. The van der Waals surface area contributed by atoms with E-state index in [1.807, 2.05) is 11.8 Å². The minimum absolute atomic E-state index is 0.0433. The Morgan fingerprint density at radius 3 is 2.36 bits per heavy atom. The van der Waals surface area contributed by atoms with Crippen molar-refractivity contribution in [3.05, 3.63) is 45.6 Å². The predicted molar refractivity (Wildman–Crippen MR) is 138 cm³/mol.